The summed E-state index contributed by atoms with van der Waals surface area (Å²) in [7, 11) is -3.86. The van der Waals surface area contributed by atoms with Crippen LogP contribution in [-0.4, -0.2) is 38.4 Å². The van der Waals surface area contributed by atoms with Gasteiger partial charge in [-0.15, -0.1) is 0 Å². The fourth-order valence-corrected chi connectivity index (χ4v) is 5.42. The maximum absolute atomic E-state index is 13.3. The van der Waals surface area contributed by atoms with Gasteiger partial charge in [-0.3, -0.25) is 0 Å². The number of benzene rings is 1. The van der Waals surface area contributed by atoms with Crippen LogP contribution in [0.4, 0.5) is 8.78 Å². The van der Waals surface area contributed by atoms with Gasteiger partial charge in [0, 0.05) is 18.7 Å². The van der Waals surface area contributed by atoms with Crippen LogP contribution in [0.2, 0.25) is 0 Å². The number of halogens is 2. The predicted octanol–water partition coefficient (Wildman–Crippen LogP) is 1.58. The summed E-state index contributed by atoms with van der Waals surface area (Å²) in [5.74, 6) is -1.18. The molecule has 3 rings (SSSR count). The van der Waals surface area contributed by atoms with Crippen molar-refractivity contribution < 1.29 is 17.2 Å². The van der Waals surface area contributed by atoms with Crippen LogP contribution in [0.25, 0.3) is 0 Å². The molecule has 0 aliphatic carbocycles. The van der Waals surface area contributed by atoms with Crippen molar-refractivity contribution in [3.05, 3.63) is 29.8 Å². The molecule has 0 radical (unpaired) electrons. The van der Waals surface area contributed by atoms with E-state index in [2.05, 4.69) is 5.32 Å². The van der Waals surface area contributed by atoms with E-state index in [9.17, 15) is 17.2 Å². The molecule has 0 saturated carbocycles. The molecule has 1 aromatic carbocycles. The Bertz CT molecular complexity index is 630. The lowest BCUT2D eigenvalue weighted by atomic mass is 9.93. The highest BCUT2D eigenvalue weighted by Crippen LogP contribution is 2.37. The molecule has 1 aromatic rings. The molecule has 0 spiro atoms. The van der Waals surface area contributed by atoms with Gasteiger partial charge in [0.25, 0.3) is 0 Å². The molecule has 4 nitrogen and oxygen atoms in total. The Hall–Kier alpha value is -1.05. The van der Waals surface area contributed by atoms with Crippen LogP contribution in [0.15, 0.2) is 23.1 Å². The average Bonchev–Trinajstić information content (AvgIpc) is 2.97. The van der Waals surface area contributed by atoms with Crippen LogP contribution in [-0.2, 0) is 10.0 Å². The molecule has 0 aromatic heterocycles. The molecule has 2 fully saturated rings. The van der Waals surface area contributed by atoms with E-state index >= 15 is 0 Å². The van der Waals surface area contributed by atoms with Gasteiger partial charge in [-0.2, -0.15) is 4.31 Å². The minimum Gasteiger partial charge on any atom is -0.316 e. The molecule has 2 saturated heterocycles. The lowest BCUT2D eigenvalue weighted by Gasteiger charge is -2.26. The molecular weight excluding hydrogens is 298 g/mol. The van der Waals surface area contributed by atoms with Crippen LogP contribution in [0.3, 0.4) is 0 Å². The summed E-state index contributed by atoms with van der Waals surface area (Å²) < 4.78 is 53.5. The van der Waals surface area contributed by atoms with Crippen molar-refractivity contribution in [1.29, 1.82) is 0 Å². The smallest absolute Gasteiger partial charge is 0.243 e. The van der Waals surface area contributed by atoms with Crippen molar-refractivity contribution in [2.75, 3.05) is 19.6 Å². The van der Waals surface area contributed by atoms with Gasteiger partial charge >= 0.3 is 0 Å². The van der Waals surface area contributed by atoms with Gasteiger partial charge in [0.2, 0.25) is 10.0 Å². The Kier molecular flexibility index (Phi) is 3.75. The van der Waals surface area contributed by atoms with E-state index in [1.807, 2.05) is 6.92 Å². The third-order valence-corrected chi connectivity index (χ3v) is 6.40. The van der Waals surface area contributed by atoms with Gasteiger partial charge in [0.15, 0.2) is 0 Å². The maximum Gasteiger partial charge on any atom is 0.243 e. The monoisotopic (exact) mass is 316 g/mol. The van der Waals surface area contributed by atoms with Crippen LogP contribution in [0.1, 0.15) is 13.3 Å². The maximum atomic E-state index is 13.3. The zero-order valence-electron chi connectivity index (χ0n) is 11.7. The standard InChI is InChI=1S/C14H18F2N2O2S/c1-2-14-13-7-17-6-9(13)8-18(14)21(19,20)12-4-10(15)3-11(16)5-12/h3-5,9,13-14,17H,2,6-8H2,1H3. The first-order chi connectivity index (χ1) is 9.93. The lowest BCUT2D eigenvalue weighted by Crippen LogP contribution is -2.39. The minimum atomic E-state index is -3.86. The fourth-order valence-electron chi connectivity index (χ4n) is 3.58. The van der Waals surface area contributed by atoms with Gasteiger partial charge in [-0.25, -0.2) is 17.2 Å². The summed E-state index contributed by atoms with van der Waals surface area (Å²) in [6.45, 7) is 3.95. The number of fused-ring (bicyclic) bond motifs is 1. The molecule has 116 valence electrons. The first-order valence-electron chi connectivity index (χ1n) is 7.12. The third-order valence-electron chi connectivity index (χ3n) is 4.53. The minimum absolute atomic E-state index is 0.110. The van der Waals surface area contributed by atoms with Crippen LogP contribution in [0, 0.1) is 23.5 Å². The van der Waals surface area contributed by atoms with E-state index in [0.29, 0.717) is 19.0 Å². The van der Waals surface area contributed by atoms with E-state index in [1.54, 1.807) is 0 Å². The SMILES string of the molecule is CCC1C2CNCC2CN1S(=O)(=O)c1cc(F)cc(F)c1. The topological polar surface area (TPSA) is 49.4 Å². The van der Waals surface area contributed by atoms with Crippen molar-refractivity contribution in [2.45, 2.75) is 24.3 Å². The molecule has 7 heteroatoms. The number of sulfonamides is 1. The Morgan fingerprint density at radius 2 is 1.90 bits per heavy atom. The van der Waals surface area contributed by atoms with Gasteiger partial charge in [0.1, 0.15) is 11.6 Å². The molecule has 3 unspecified atom stereocenters. The van der Waals surface area contributed by atoms with Crippen LogP contribution in [0.5, 0.6) is 0 Å². The average molecular weight is 316 g/mol. The summed E-state index contributed by atoms with van der Waals surface area (Å²) in [4.78, 5) is -0.300. The fraction of sp³-hybridized carbons (Fsp3) is 0.571. The van der Waals surface area contributed by atoms with Crippen molar-refractivity contribution >= 4 is 10.0 Å². The summed E-state index contributed by atoms with van der Waals surface area (Å²) in [5, 5.41) is 3.28. The Morgan fingerprint density at radius 1 is 1.24 bits per heavy atom. The number of nitrogens with zero attached hydrogens (tertiary/aromatic N) is 1. The van der Waals surface area contributed by atoms with E-state index < -0.39 is 21.7 Å². The second-order valence-corrected chi connectivity index (χ2v) is 7.63. The summed E-state index contributed by atoms with van der Waals surface area (Å²) in [6.07, 6.45) is 0.694. The molecule has 0 bridgehead atoms. The first kappa shape index (κ1) is 14.9. The Morgan fingerprint density at radius 3 is 2.52 bits per heavy atom. The zero-order valence-corrected chi connectivity index (χ0v) is 12.5. The highest BCUT2D eigenvalue weighted by atomic mass is 32.2. The summed E-state index contributed by atoms with van der Waals surface area (Å²) >= 11 is 0. The molecular formula is C14H18F2N2O2S. The van der Waals surface area contributed by atoms with Gasteiger partial charge in [-0.1, -0.05) is 6.92 Å². The van der Waals surface area contributed by atoms with Crippen LogP contribution >= 0.6 is 0 Å². The van der Waals surface area contributed by atoms with E-state index in [0.717, 1.165) is 25.2 Å². The van der Waals surface area contributed by atoms with Crippen molar-refractivity contribution in [2.24, 2.45) is 11.8 Å². The molecule has 2 heterocycles. The molecule has 1 N–H and O–H groups in total. The number of nitrogens with one attached hydrogen (secondary N) is 1. The normalized spacial score (nSPS) is 29.8. The molecule has 2 aliphatic rings. The molecule has 3 atom stereocenters. The third kappa shape index (κ3) is 2.47. The van der Waals surface area contributed by atoms with Crippen molar-refractivity contribution in [1.82, 2.24) is 9.62 Å². The van der Waals surface area contributed by atoms with E-state index in [1.165, 1.54) is 4.31 Å². The number of hydrogen-bond acceptors (Lipinski definition) is 3. The van der Waals surface area contributed by atoms with Gasteiger partial charge in [0.05, 0.1) is 4.90 Å². The van der Waals surface area contributed by atoms with E-state index in [-0.39, 0.29) is 22.8 Å². The summed E-state index contributed by atoms with van der Waals surface area (Å²) in [6, 6.07) is 2.34. The van der Waals surface area contributed by atoms with Crippen molar-refractivity contribution in [3.63, 3.8) is 0 Å². The Balaban J connectivity index is 1.98. The van der Waals surface area contributed by atoms with Crippen molar-refractivity contribution in [3.8, 4) is 0 Å². The van der Waals surface area contributed by atoms with E-state index in [4.69, 9.17) is 0 Å². The second-order valence-electron chi connectivity index (χ2n) is 5.74. The predicted molar refractivity (Wildman–Crippen MR) is 74.2 cm³/mol. The Labute approximate surface area is 123 Å². The zero-order chi connectivity index (χ0) is 15.2. The lowest BCUT2D eigenvalue weighted by molar-refractivity contribution is 0.328. The highest BCUT2D eigenvalue weighted by molar-refractivity contribution is 7.89. The first-order valence-corrected chi connectivity index (χ1v) is 8.56. The van der Waals surface area contributed by atoms with Gasteiger partial charge in [-0.05, 0) is 43.5 Å². The molecule has 21 heavy (non-hydrogen) atoms. The summed E-state index contributed by atoms with van der Waals surface area (Å²) in [5.41, 5.74) is 0. The number of hydrogen-bond donors (Lipinski definition) is 1. The number of rotatable bonds is 3. The quantitative estimate of drug-likeness (QED) is 0.921. The largest absolute Gasteiger partial charge is 0.316 e. The second kappa shape index (κ2) is 5.30. The van der Waals surface area contributed by atoms with Gasteiger partial charge < -0.3 is 5.32 Å². The molecule has 0 amide bonds. The van der Waals surface area contributed by atoms with Crippen LogP contribution < -0.4 is 5.32 Å². The highest BCUT2D eigenvalue weighted by Gasteiger charge is 2.48. The molecule has 2 aliphatic heterocycles.